The number of rotatable bonds is 3. The molecule has 0 unspecified atom stereocenters. The molecule has 0 saturated heterocycles. The van der Waals surface area contributed by atoms with Gasteiger partial charge in [-0.25, -0.2) is 4.79 Å². The van der Waals surface area contributed by atoms with Crippen LogP contribution in [0, 0.1) is 0 Å². The molecular weight excluding hydrogens is 238 g/mol. The Bertz CT molecular complexity index is 540. The van der Waals surface area contributed by atoms with Crippen LogP contribution in [0.1, 0.15) is 21.6 Å². The van der Waals surface area contributed by atoms with Crippen molar-refractivity contribution in [2.45, 2.75) is 6.42 Å². The van der Waals surface area contributed by atoms with Crippen molar-refractivity contribution in [1.29, 1.82) is 0 Å². The lowest BCUT2D eigenvalue weighted by Crippen LogP contribution is -1.99. The zero-order valence-electron chi connectivity index (χ0n) is 8.93. The van der Waals surface area contributed by atoms with Crippen LogP contribution < -0.4 is 0 Å². The fourth-order valence-corrected chi connectivity index (χ4v) is 1.85. The fraction of sp³-hybridized carbons (Fsp3) is 0.0769. The average molecular weight is 248 g/mol. The van der Waals surface area contributed by atoms with Gasteiger partial charge in [0.1, 0.15) is 0 Å². The molecule has 1 aromatic heterocycles. The van der Waals surface area contributed by atoms with Crippen molar-refractivity contribution in [3.8, 4) is 0 Å². The molecule has 0 amide bonds. The quantitative estimate of drug-likeness (QED) is 0.907. The molecule has 0 fully saturated rings. The van der Waals surface area contributed by atoms with Gasteiger partial charge in [0.25, 0.3) is 0 Å². The van der Waals surface area contributed by atoms with Gasteiger partial charge in [0.15, 0.2) is 0 Å². The normalized spacial score (nSPS) is 10.2. The van der Waals surface area contributed by atoms with Gasteiger partial charge in [0, 0.05) is 23.3 Å². The maximum absolute atomic E-state index is 10.9. The van der Waals surface area contributed by atoms with Crippen LogP contribution in [0.25, 0.3) is 0 Å². The van der Waals surface area contributed by atoms with E-state index in [0.29, 0.717) is 11.4 Å². The van der Waals surface area contributed by atoms with Crippen LogP contribution in [0.4, 0.5) is 0 Å². The second-order valence-corrected chi connectivity index (χ2v) is 4.09. The average Bonchev–Trinajstić information content (AvgIpc) is 2.29. The first kappa shape index (κ1) is 11.6. The largest absolute Gasteiger partial charge is 0.478 e. The predicted molar refractivity (Wildman–Crippen MR) is 65.5 cm³/mol. The smallest absolute Gasteiger partial charge is 0.335 e. The number of hydrogen-bond acceptors (Lipinski definition) is 2. The van der Waals surface area contributed by atoms with Crippen molar-refractivity contribution >= 4 is 17.6 Å². The second-order valence-electron chi connectivity index (χ2n) is 3.65. The maximum atomic E-state index is 10.9. The van der Waals surface area contributed by atoms with Crippen molar-refractivity contribution in [2.24, 2.45) is 0 Å². The summed E-state index contributed by atoms with van der Waals surface area (Å²) in [4.78, 5) is 15.1. The number of benzene rings is 1. The van der Waals surface area contributed by atoms with E-state index in [4.69, 9.17) is 16.7 Å². The Morgan fingerprint density at radius 2 is 2.12 bits per heavy atom. The van der Waals surface area contributed by atoms with Gasteiger partial charge >= 0.3 is 5.97 Å². The van der Waals surface area contributed by atoms with Crippen molar-refractivity contribution in [1.82, 2.24) is 4.98 Å². The van der Waals surface area contributed by atoms with Gasteiger partial charge in [0.2, 0.25) is 0 Å². The number of carbonyl (C=O) groups is 1. The molecule has 0 aliphatic rings. The molecule has 0 bridgehead atoms. The number of aromatic nitrogens is 1. The molecule has 0 saturated carbocycles. The molecule has 0 atom stereocenters. The van der Waals surface area contributed by atoms with Crippen molar-refractivity contribution in [3.05, 3.63) is 64.4 Å². The molecule has 1 heterocycles. The lowest BCUT2D eigenvalue weighted by Gasteiger charge is -2.03. The molecule has 2 rings (SSSR count). The van der Waals surface area contributed by atoms with E-state index in [0.717, 1.165) is 11.3 Å². The third-order valence-electron chi connectivity index (χ3n) is 2.32. The summed E-state index contributed by atoms with van der Waals surface area (Å²) in [6.07, 6.45) is 2.28. The number of pyridine rings is 1. The topological polar surface area (TPSA) is 50.2 Å². The third-order valence-corrected chi connectivity index (χ3v) is 2.53. The standard InChI is InChI=1S/C13H10ClNO2/c14-11-6-9(5-10(8-11)13(16)17)7-12-3-1-2-4-15-12/h1-6,8H,7H2,(H,16,17). The van der Waals surface area contributed by atoms with E-state index >= 15 is 0 Å². The summed E-state index contributed by atoms with van der Waals surface area (Å²) in [6.45, 7) is 0. The highest BCUT2D eigenvalue weighted by molar-refractivity contribution is 6.31. The summed E-state index contributed by atoms with van der Waals surface area (Å²) < 4.78 is 0. The number of carboxylic acids is 1. The summed E-state index contributed by atoms with van der Waals surface area (Å²) in [5, 5.41) is 9.35. The number of halogens is 1. The van der Waals surface area contributed by atoms with E-state index in [-0.39, 0.29) is 5.56 Å². The number of hydrogen-bond donors (Lipinski definition) is 1. The maximum Gasteiger partial charge on any atom is 0.335 e. The molecule has 0 aliphatic heterocycles. The van der Waals surface area contributed by atoms with Crippen LogP contribution in [-0.4, -0.2) is 16.1 Å². The SMILES string of the molecule is O=C(O)c1cc(Cl)cc(Cc2ccccn2)c1. The van der Waals surface area contributed by atoms with Crippen LogP contribution in [0.2, 0.25) is 5.02 Å². The minimum atomic E-state index is -0.977. The molecule has 1 N–H and O–H groups in total. The summed E-state index contributed by atoms with van der Waals surface area (Å²) in [7, 11) is 0. The first-order chi connectivity index (χ1) is 8.15. The number of aromatic carboxylic acids is 1. The first-order valence-electron chi connectivity index (χ1n) is 5.08. The molecule has 0 spiro atoms. The van der Waals surface area contributed by atoms with Gasteiger partial charge in [-0.1, -0.05) is 17.7 Å². The van der Waals surface area contributed by atoms with Crippen LogP contribution >= 0.6 is 11.6 Å². The zero-order chi connectivity index (χ0) is 12.3. The molecule has 0 aliphatic carbocycles. The van der Waals surface area contributed by atoms with Gasteiger partial charge in [-0.05, 0) is 35.9 Å². The Kier molecular flexibility index (Phi) is 3.40. The Labute approximate surface area is 104 Å². The van der Waals surface area contributed by atoms with E-state index in [9.17, 15) is 4.79 Å². The van der Waals surface area contributed by atoms with Crippen molar-refractivity contribution in [3.63, 3.8) is 0 Å². The van der Waals surface area contributed by atoms with Gasteiger partial charge in [-0.2, -0.15) is 0 Å². The van der Waals surface area contributed by atoms with Crippen LogP contribution in [0.3, 0.4) is 0 Å². The highest BCUT2D eigenvalue weighted by atomic mass is 35.5. The lowest BCUT2D eigenvalue weighted by molar-refractivity contribution is 0.0697. The Balaban J connectivity index is 2.30. The van der Waals surface area contributed by atoms with Gasteiger partial charge in [-0.15, -0.1) is 0 Å². The van der Waals surface area contributed by atoms with Gasteiger partial charge in [0.05, 0.1) is 5.56 Å². The van der Waals surface area contributed by atoms with Gasteiger partial charge < -0.3 is 5.11 Å². The highest BCUT2D eigenvalue weighted by Gasteiger charge is 2.07. The van der Waals surface area contributed by atoms with E-state index < -0.39 is 5.97 Å². The zero-order valence-corrected chi connectivity index (χ0v) is 9.69. The molecular formula is C13H10ClNO2. The molecule has 4 heteroatoms. The minimum absolute atomic E-state index is 0.198. The number of nitrogens with zero attached hydrogens (tertiary/aromatic N) is 1. The van der Waals surface area contributed by atoms with Crippen molar-refractivity contribution in [2.75, 3.05) is 0 Å². The number of carboxylic acid groups (broad SMARTS) is 1. The Morgan fingerprint density at radius 3 is 2.76 bits per heavy atom. The second kappa shape index (κ2) is 4.97. The van der Waals surface area contributed by atoms with Crippen molar-refractivity contribution < 1.29 is 9.90 Å². The van der Waals surface area contributed by atoms with E-state index in [1.807, 2.05) is 18.2 Å². The summed E-state index contributed by atoms with van der Waals surface area (Å²) in [6, 6.07) is 10.4. The van der Waals surface area contributed by atoms with E-state index in [1.54, 1.807) is 18.3 Å². The summed E-state index contributed by atoms with van der Waals surface area (Å²) >= 11 is 5.88. The summed E-state index contributed by atoms with van der Waals surface area (Å²) in [5.74, 6) is -0.977. The Hall–Kier alpha value is -1.87. The molecule has 3 nitrogen and oxygen atoms in total. The van der Waals surface area contributed by atoms with Gasteiger partial charge in [-0.3, -0.25) is 4.98 Å². The molecule has 2 aromatic rings. The third kappa shape index (κ3) is 3.04. The molecule has 17 heavy (non-hydrogen) atoms. The molecule has 1 aromatic carbocycles. The predicted octanol–water partition coefficient (Wildman–Crippen LogP) is 3.02. The van der Waals surface area contributed by atoms with Crippen LogP contribution in [0.5, 0.6) is 0 Å². The monoisotopic (exact) mass is 247 g/mol. The van der Waals surface area contributed by atoms with E-state index in [2.05, 4.69) is 4.98 Å². The summed E-state index contributed by atoms with van der Waals surface area (Å²) in [5.41, 5.74) is 1.92. The van der Waals surface area contributed by atoms with E-state index in [1.165, 1.54) is 6.07 Å². The minimum Gasteiger partial charge on any atom is -0.478 e. The molecule has 86 valence electrons. The molecule has 0 radical (unpaired) electrons. The first-order valence-corrected chi connectivity index (χ1v) is 5.45. The van der Waals surface area contributed by atoms with Crippen LogP contribution in [-0.2, 0) is 6.42 Å². The highest BCUT2D eigenvalue weighted by Crippen LogP contribution is 2.17. The Morgan fingerprint density at radius 1 is 1.29 bits per heavy atom. The lowest BCUT2D eigenvalue weighted by atomic mass is 10.1. The van der Waals surface area contributed by atoms with Crippen LogP contribution in [0.15, 0.2) is 42.6 Å². The fourth-order valence-electron chi connectivity index (χ4n) is 1.59.